The summed E-state index contributed by atoms with van der Waals surface area (Å²) in [7, 11) is -3.66. The second kappa shape index (κ2) is 8.28. The van der Waals surface area contributed by atoms with Crippen LogP contribution in [0.2, 0.25) is 0 Å². The molecule has 1 rings (SSSR count). The molecule has 0 fully saturated rings. The fourth-order valence-electron chi connectivity index (χ4n) is 2.00. The van der Waals surface area contributed by atoms with E-state index >= 15 is 0 Å². The van der Waals surface area contributed by atoms with Crippen molar-refractivity contribution in [2.45, 2.75) is 31.6 Å². The number of nitrogens with zero attached hydrogens (tertiary/aromatic N) is 1. The van der Waals surface area contributed by atoms with E-state index in [1.807, 2.05) is 0 Å². The molecule has 0 saturated carbocycles. The Morgan fingerprint density at radius 3 is 2.19 bits per heavy atom. The van der Waals surface area contributed by atoms with Crippen LogP contribution < -0.4 is 10.5 Å². The molecule has 1 aromatic carbocycles. The molecule has 0 spiro atoms. The highest BCUT2D eigenvalue weighted by Crippen LogP contribution is 2.25. The third-order valence-electron chi connectivity index (χ3n) is 2.85. The van der Waals surface area contributed by atoms with Crippen molar-refractivity contribution in [1.29, 1.82) is 0 Å². The highest BCUT2D eigenvalue weighted by atomic mass is 35.5. The second-order valence-electron chi connectivity index (χ2n) is 4.56. The third-order valence-corrected chi connectivity index (χ3v) is 4.61. The summed E-state index contributed by atoms with van der Waals surface area (Å²) >= 11 is 0. The number of hydrogen-bond donors (Lipinski definition) is 2. The van der Waals surface area contributed by atoms with Gasteiger partial charge in [0.1, 0.15) is 0 Å². The summed E-state index contributed by atoms with van der Waals surface area (Å²) in [6, 6.07) is 2.53. The maximum atomic E-state index is 12.2. The number of nitrogens with two attached hydrogens (primary N) is 1. The van der Waals surface area contributed by atoms with E-state index < -0.39 is 14.9 Å². The Morgan fingerprint density at radius 2 is 1.76 bits per heavy atom. The zero-order chi connectivity index (χ0) is 15.3. The van der Waals surface area contributed by atoms with Gasteiger partial charge in [0.25, 0.3) is 5.69 Å². The lowest BCUT2D eigenvalue weighted by molar-refractivity contribution is -0.385. The minimum absolute atomic E-state index is 0. The molecule has 120 valence electrons. The minimum Gasteiger partial charge on any atom is -0.330 e. The predicted molar refractivity (Wildman–Crippen MR) is 83.3 cm³/mol. The van der Waals surface area contributed by atoms with Crippen LogP contribution >= 0.6 is 12.4 Å². The number of unbranched alkanes of at least 4 members (excludes halogenated alkanes) is 1. The maximum absolute atomic E-state index is 12.2. The zero-order valence-electron chi connectivity index (χ0n) is 12.0. The van der Waals surface area contributed by atoms with Gasteiger partial charge in [0, 0.05) is 18.7 Å². The molecule has 1 aromatic rings. The molecule has 0 atom stereocenters. The number of benzene rings is 1. The highest BCUT2D eigenvalue weighted by Gasteiger charge is 2.22. The van der Waals surface area contributed by atoms with Gasteiger partial charge in [-0.3, -0.25) is 10.1 Å². The molecule has 3 N–H and O–H groups in total. The van der Waals surface area contributed by atoms with Crippen molar-refractivity contribution >= 4 is 28.1 Å². The molecular weight excluding hydrogens is 318 g/mol. The van der Waals surface area contributed by atoms with Crippen LogP contribution in [0.5, 0.6) is 0 Å². The molecule has 21 heavy (non-hydrogen) atoms. The van der Waals surface area contributed by atoms with Gasteiger partial charge < -0.3 is 5.73 Å². The number of halogens is 1. The Labute approximate surface area is 130 Å². The summed E-state index contributed by atoms with van der Waals surface area (Å²) in [5.74, 6) is 0. The van der Waals surface area contributed by atoms with Crippen molar-refractivity contribution in [3.05, 3.63) is 33.4 Å². The van der Waals surface area contributed by atoms with Gasteiger partial charge in [-0.2, -0.15) is 0 Å². The number of nitro groups is 1. The summed E-state index contributed by atoms with van der Waals surface area (Å²) in [5.41, 5.74) is 5.96. The third kappa shape index (κ3) is 5.24. The van der Waals surface area contributed by atoms with Crippen LogP contribution in [0, 0.1) is 24.0 Å². The summed E-state index contributed by atoms with van der Waals surface area (Å²) < 4.78 is 26.9. The molecule has 0 heterocycles. The van der Waals surface area contributed by atoms with E-state index in [0.29, 0.717) is 30.6 Å². The van der Waals surface area contributed by atoms with Crippen molar-refractivity contribution in [2.75, 3.05) is 13.1 Å². The normalized spacial score (nSPS) is 11.0. The van der Waals surface area contributed by atoms with Gasteiger partial charge in [-0.15, -0.1) is 12.4 Å². The van der Waals surface area contributed by atoms with E-state index in [4.69, 9.17) is 5.73 Å². The van der Waals surface area contributed by atoms with Crippen molar-refractivity contribution in [1.82, 2.24) is 4.72 Å². The van der Waals surface area contributed by atoms with Gasteiger partial charge in [0.15, 0.2) is 0 Å². The first-order chi connectivity index (χ1) is 9.29. The van der Waals surface area contributed by atoms with Gasteiger partial charge in [0.2, 0.25) is 10.0 Å². The monoisotopic (exact) mass is 337 g/mol. The average molecular weight is 338 g/mol. The Hall–Kier alpha value is -1.22. The first-order valence-corrected chi connectivity index (χ1v) is 7.73. The van der Waals surface area contributed by atoms with Gasteiger partial charge in [-0.05, 0) is 44.4 Å². The number of nitro benzene ring substituents is 1. The van der Waals surface area contributed by atoms with Crippen LogP contribution in [0.15, 0.2) is 17.0 Å². The van der Waals surface area contributed by atoms with Crippen molar-refractivity contribution in [3.8, 4) is 0 Å². The van der Waals surface area contributed by atoms with Crippen LogP contribution in [0.1, 0.15) is 24.0 Å². The molecule has 0 saturated heterocycles. The lowest BCUT2D eigenvalue weighted by Crippen LogP contribution is -2.26. The van der Waals surface area contributed by atoms with E-state index in [2.05, 4.69) is 4.72 Å². The number of sulfonamides is 1. The van der Waals surface area contributed by atoms with Crippen LogP contribution in [0.3, 0.4) is 0 Å². The largest absolute Gasteiger partial charge is 0.330 e. The van der Waals surface area contributed by atoms with Crippen LogP contribution in [0.25, 0.3) is 0 Å². The quantitative estimate of drug-likeness (QED) is 0.446. The van der Waals surface area contributed by atoms with Gasteiger partial charge >= 0.3 is 0 Å². The van der Waals surface area contributed by atoms with Crippen LogP contribution in [-0.2, 0) is 10.0 Å². The van der Waals surface area contributed by atoms with E-state index in [9.17, 15) is 18.5 Å². The molecule has 0 radical (unpaired) electrons. The van der Waals surface area contributed by atoms with E-state index in [1.165, 1.54) is 12.1 Å². The number of non-ortho nitro benzene ring substituents is 1. The molecule has 0 bridgehead atoms. The Kier molecular flexibility index (Phi) is 7.80. The number of rotatable bonds is 7. The number of hydrogen-bond acceptors (Lipinski definition) is 5. The molecule has 0 aliphatic heterocycles. The van der Waals surface area contributed by atoms with Crippen molar-refractivity contribution in [3.63, 3.8) is 0 Å². The number of aryl methyl sites for hydroxylation is 2. The van der Waals surface area contributed by atoms with Crippen molar-refractivity contribution < 1.29 is 13.3 Å². The van der Waals surface area contributed by atoms with E-state index in [-0.39, 0.29) is 23.0 Å². The van der Waals surface area contributed by atoms with Gasteiger partial charge in [0.05, 0.1) is 9.82 Å². The smallest absolute Gasteiger partial charge is 0.270 e. The molecule has 9 heteroatoms. The van der Waals surface area contributed by atoms with Gasteiger partial charge in [-0.25, -0.2) is 13.1 Å². The molecule has 0 aromatic heterocycles. The van der Waals surface area contributed by atoms with E-state index in [1.54, 1.807) is 13.8 Å². The summed E-state index contributed by atoms with van der Waals surface area (Å²) in [5, 5.41) is 10.7. The lowest BCUT2D eigenvalue weighted by atomic mass is 10.1. The fourth-order valence-corrected chi connectivity index (χ4v) is 3.53. The summed E-state index contributed by atoms with van der Waals surface area (Å²) in [6.07, 6.45) is 1.39. The standard InChI is InChI=1S/C12H19N3O4S.ClH/c1-9-7-11(15(16)17)8-10(2)12(9)20(18,19)14-6-4-3-5-13;/h7-8,14H,3-6,13H2,1-2H3;1H. The zero-order valence-corrected chi connectivity index (χ0v) is 13.6. The van der Waals surface area contributed by atoms with Gasteiger partial charge in [-0.1, -0.05) is 0 Å². The first kappa shape index (κ1) is 19.8. The topological polar surface area (TPSA) is 115 Å². The number of nitrogens with one attached hydrogen (secondary N) is 1. The molecule has 0 amide bonds. The first-order valence-electron chi connectivity index (χ1n) is 6.25. The van der Waals surface area contributed by atoms with Crippen molar-refractivity contribution in [2.24, 2.45) is 5.73 Å². The highest BCUT2D eigenvalue weighted by molar-refractivity contribution is 7.89. The van der Waals surface area contributed by atoms with Crippen LogP contribution in [0.4, 0.5) is 5.69 Å². The SMILES string of the molecule is Cc1cc([N+](=O)[O-])cc(C)c1S(=O)(=O)NCCCCN.Cl. The Bertz CT molecular complexity index is 582. The minimum atomic E-state index is -3.66. The second-order valence-corrected chi connectivity index (χ2v) is 6.26. The average Bonchev–Trinajstić information content (AvgIpc) is 2.33. The lowest BCUT2D eigenvalue weighted by Gasteiger charge is -2.12. The maximum Gasteiger partial charge on any atom is 0.270 e. The molecule has 0 aliphatic carbocycles. The Balaban J connectivity index is 0.00000400. The molecule has 0 unspecified atom stereocenters. The van der Waals surface area contributed by atoms with E-state index in [0.717, 1.165) is 6.42 Å². The van der Waals surface area contributed by atoms with Crippen LogP contribution in [-0.4, -0.2) is 26.4 Å². The summed E-state index contributed by atoms with van der Waals surface area (Å²) in [4.78, 5) is 10.3. The molecular formula is C12H20ClN3O4S. The Morgan fingerprint density at radius 1 is 1.24 bits per heavy atom. The summed E-state index contributed by atoms with van der Waals surface area (Å²) in [6.45, 7) is 3.91. The predicted octanol–water partition coefficient (Wildman–Crippen LogP) is 1.65. The fraction of sp³-hybridized carbons (Fsp3) is 0.500. The molecule has 0 aliphatic rings. The molecule has 7 nitrogen and oxygen atoms in total.